The predicted octanol–water partition coefficient (Wildman–Crippen LogP) is 3.59. The smallest absolute Gasteiger partial charge is 0.208 e. The van der Waals surface area contributed by atoms with Crippen LogP contribution in [0.2, 0.25) is 10.0 Å². The molecule has 0 aliphatic rings. The maximum atomic E-state index is 9.80. The summed E-state index contributed by atoms with van der Waals surface area (Å²) in [6, 6.07) is 3.17. The Morgan fingerprint density at radius 1 is 1.26 bits per heavy atom. The van der Waals surface area contributed by atoms with Gasteiger partial charge in [0.15, 0.2) is 0 Å². The van der Waals surface area contributed by atoms with E-state index in [9.17, 15) is 5.11 Å². The fraction of sp³-hybridized carbons (Fsp3) is 0.308. The molecule has 0 unspecified atom stereocenters. The molecule has 2 aromatic rings. The number of aromatic nitrogens is 1. The third-order valence-corrected chi connectivity index (χ3v) is 3.28. The van der Waals surface area contributed by atoms with Crippen LogP contribution >= 0.6 is 23.2 Å². The van der Waals surface area contributed by atoms with E-state index in [1.54, 1.807) is 6.07 Å². The van der Waals surface area contributed by atoms with Crippen molar-refractivity contribution in [3.05, 3.63) is 45.1 Å². The van der Waals surface area contributed by atoms with E-state index in [4.69, 9.17) is 27.6 Å². The maximum absolute atomic E-state index is 9.80. The summed E-state index contributed by atoms with van der Waals surface area (Å²) in [5.41, 5.74) is 1.52. The minimum absolute atomic E-state index is 0.0401. The van der Waals surface area contributed by atoms with Crippen LogP contribution in [-0.2, 0) is 13.1 Å². The number of benzene rings is 1. The molecule has 2 N–H and O–H groups in total. The van der Waals surface area contributed by atoms with Crippen molar-refractivity contribution in [2.75, 3.05) is 0 Å². The molecule has 0 aliphatic carbocycles. The molecule has 1 aromatic carbocycles. The average Bonchev–Trinajstić information content (AvgIpc) is 2.65. The zero-order chi connectivity index (χ0) is 14.0. The van der Waals surface area contributed by atoms with E-state index in [0.717, 1.165) is 11.5 Å². The van der Waals surface area contributed by atoms with E-state index in [1.807, 2.05) is 13.8 Å². The van der Waals surface area contributed by atoms with Crippen LogP contribution in [-0.4, -0.2) is 10.1 Å². The average molecular weight is 301 g/mol. The van der Waals surface area contributed by atoms with Crippen molar-refractivity contribution >= 4 is 23.2 Å². The predicted molar refractivity (Wildman–Crippen MR) is 74.6 cm³/mol. The summed E-state index contributed by atoms with van der Waals surface area (Å²) >= 11 is 11.7. The SMILES string of the molecule is Cc1nc(CNCc2cc(Cl)cc(Cl)c2O)oc1C. The first-order valence-corrected chi connectivity index (χ1v) is 6.53. The van der Waals surface area contributed by atoms with E-state index in [0.29, 0.717) is 29.6 Å². The Morgan fingerprint density at radius 3 is 2.63 bits per heavy atom. The van der Waals surface area contributed by atoms with Gasteiger partial charge in [-0.1, -0.05) is 23.2 Å². The van der Waals surface area contributed by atoms with Gasteiger partial charge in [-0.3, -0.25) is 0 Å². The highest BCUT2D eigenvalue weighted by atomic mass is 35.5. The zero-order valence-corrected chi connectivity index (χ0v) is 12.1. The Balaban J connectivity index is 1.99. The van der Waals surface area contributed by atoms with Crippen molar-refractivity contribution in [2.24, 2.45) is 0 Å². The molecule has 1 heterocycles. The number of halogens is 2. The molecule has 0 saturated heterocycles. The molecular weight excluding hydrogens is 287 g/mol. The molecule has 0 bridgehead atoms. The van der Waals surface area contributed by atoms with Crippen LogP contribution in [0.1, 0.15) is 22.9 Å². The third-order valence-electron chi connectivity index (χ3n) is 2.77. The van der Waals surface area contributed by atoms with E-state index in [2.05, 4.69) is 10.3 Å². The van der Waals surface area contributed by atoms with Crippen molar-refractivity contribution < 1.29 is 9.52 Å². The van der Waals surface area contributed by atoms with Gasteiger partial charge in [-0.05, 0) is 26.0 Å². The summed E-state index contributed by atoms with van der Waals surface area (Å²) in [5, 5.41) is 13.6. The summed E-state index contributed by atoms with van der Waals surface area (Å²) in [6.07, 6.45) is 0. The molecule has 1 aromatic heterocycles. The van der Waals surface area contributed by atoms with Crippen LogP contribution in [0.4, 0.5) is 0 Å². The van der Waals surface area contributed by atoms with Gasteiger partial charge in [-0.15, -0.1) is 0 Å². The van der Waals surface area contributed by atoms with Gasteiger partial charge in [0.25, 0.3) is 0 Å². The lowest BCUT2D eigenvalue weighted by atomic mass is 10.2. The summed E-state index contributed by atoms with van der Waals surface area (Å²) in [6.45, 7) is 4.66. The summed E-state index contributed by atoms with van der Waals surface area (Å²) < 4.78 is 5.44. The first-order valence-electron chi connectivity index (χ1n) is 5.78. The number of nitrogens with zero attached hydrogens (tertiary/aromatic N) is 1. The van der Waals surface area contributed by atoms with Crippen molar-refractivity contribution in [3.8, 4) is 5.75 Å². The van der Waals surface area contributed by atoms with Gasteiger partial charge in [0.2, 0.25) is 5.89 Å². The van der Waals surface area contributed by atoms with Crippen LogP contribution in [0.15, 0.2) is 16.5 Å². The Labute approximate surface area is 121 Å². The number of phenols is 1. The molecule has 6 heteroatoms. The molecule has 0 radical (unpaired) electrons. The number of hydrogen-bond acceptors (Lipinski definition) is 4. The molecule has 0 saturated carbocycles. The molecule has 102 valence electrons. The second-order valence-electron chi connectivity index (χ2n) is 4.25. The Bertz CT molecular complexity index is 577. The van der Waals surface area contributed by atoms with Crippen molar-refractivity contribution in [3.63, 3.8) is 0 Å². The van der Waals surface area contributed by atoms with E-state index in [1.165, 1.54) is 6.07 Å². The minimum atomic E-state index is 0.0401. The molecule has 0 atom stereocenters. The van der Waals surface area contributed by atoms with Gasteiger partial charge < -0.3 is 14.8 Å². The van der Waals surface area contributed by atoms with Crippen LogP contribution in [0.3, 0.4) is 0 Å². The summed E-state index contributed by atoms with van der Waals surface area (Å²) in [7, 11) is 0. The number of oxazole rings is 1. The van der Waals surface area contributed by atoms with Gasteiger partial charge >= 0.3 is 0 Å². The van der Waals surface area contributed by atoms with Gasteiger partial charge in [0.1, 0.15) is 11.5 Å². The van der Waals surface area contributed by atoms with E-state index >= 15 is 0 Å². The van der Waals surface area contributed by atoms with Crippen LogP contribution in [0.25, 0.3) is 0 Å². The lowest BCUT2D eigenvalue weighted by Gasteiger charge is -2.07. The van der Waals surface area contributed by atoms with Crippen molar-refractivity contribution in [1.82, 2.24) is 10.3 Å². The number of rotatable bonds is 4. The number of aromatic hydroxyl groups is 1. The largest absolute Gasteiger partial charge is 0.506 e. The first kappa shape index (κ1) is 14.2. The van der Waals surface area contributed by atoms with Gasteiger partial charge in [-0.2, -0.15) is 0 Å². The Hall–Kier alpha value is -1.23. The van der Waals surface area contributed by atoms with Crippen LogP contribution < -0.4 is 5.32 Å². The molecule has 4 nitrogen and oxygen atoms in total. The highest BCUT2D eigenvalue weighted by Crippen LogP contribution is 2.30. The minimum Gasteiger partial charge on any atom is -0.506 e. The Kier molecular flexibility index (Phi) is 4.34. The summed E-state index contributed by atoms with van der Waals surface area (Å²) in [4.78, 5) is 4.26. The molecular formula is C13H14Cl2N2O2. The summed E-state index contributed by atoms with van der Waals surface area (Å²) in [5.74, 6) is 1.46. The third kappa shape index (κ3) is 3.41. The van der Waals surface area contributed by atoms with Gasteiger partial charge in [0.05, 0.1) is 17.3 Å². The quantitative estimate of drug-likeness (QED) is 0.906. The molecule has 0 aliphatic heterocycles. The molecule has 0 spiro atoms. The van der Waals surface area contributed by atoms with Gasteiger partial charge in [-0.25, -0.2) is 4.98 Å². The van der Waals surface area contributed by atoms with Crippen LogP contribution in [0, 0.1) is 13.8 Å². The zero-order valence-electron chi connectivity index (χ0n) is 10.6. The van der Waals surface area contributed by atoms with Gasteiger partial charge in [0, 0.05) is 17.1 Å². The topological polar surface area (TPSA) is 58.3 Å². The molecule has 2 rings (SSSR count). The molecule has 0 fully saturated rings. The standard InChI is InChI=1S/C13H14Cl2N2O2/c1-7-8(2)19-12(17-7)6-16-5-9-3-10(14)4-11(15)13(9)18/h3-4,16,18H,5-6H2,1-2H3. The van der Waals surface area contributed by atoms with Crippen molar-refractivity contribution in [1.29, 1.82) is 0 Å². The molecule has 0 amide bonds. The number of hydrogen-bond donors (Lipinski definition) is 2. The van der Waals surface area contributed by atoms with E-state index < -0.39 is 0 Å². The Morgan fingerprint density at radius 2 is 2.00 bits per heavy atom. The highest BCUT2D eigenvalue weighted by Gasteiger charge is 2.09. The fourth-order valence-corrected chi connectivity index (χ4v) is 2.21. The maximum Gasteiger partial charge on any atom is 0.208 e. The first-order chi connectivity index (χ1) is 8.97. The monoisotopic (exact) mass is 300 g/mol. The second kappa shape index (κ2) is 5.82. The fourth-order valence-electron chi connectivity index (χ4n) is 1.67. The lowest BCUT2D eigenvalue weighted by Crippen LogP contribution is -2.13. The van der Waals surface area contributed by atoms with E-state index in [-0.39, 0.29) is 10.8 Å². The molecule has 19 heavy (non-hydrogen) atoms. The van der Waals surface area contributed by atoms with Crippen molar-refractivity contribution in [2.45, 2.75) is 26.9 Å². The second-order valence-corrected chi connectivity index (χ2v) is 5.09. The normalized spacial score (nSPS) is 10.9. The number of nitrogens with one attached hydrogen (secondary N) is 1. The number of phenolic OH excluding ortho intramolecular Hbond substituents is 1. The number of aryl methyl sites for hydroxylation is 2. The lowest BCUT2D eigenvalue weighted by molar-refractivity contribution is 0.440. The highest BCUT2D eigenvalue weighted by molar-refractivity contribution is 6.35. The van der Waals surface area contributed by atoms with Crippen LogP contribution in [0.5, 0.6) is 5.75 Å².